The summed E-state index contributed by atoms with van der Waals surface area (Å²) in [6, 6.07) is 9.12. The van der Waals surface area contributed by atoms with Crippen LogP contribution >= 0.6 is 0 Å². The van der Waals surface area contributed by atoms with Gasteiger partial charge in [-0.15, -0.1) is 0 Å². The Bertz CT molecular complexity index is 933. The van der Waals surface area contributed by atoms with Crippen LogP contribution in [0.2, 0.25) is 0 Å². The molecule has 154 valence electrons. The summed E-state index contributed by atoms with van der Waals surface area (Å²) in [5.74, 6) is 2.64. The number of fused-ring (bicyclic) bond motifs is 1. The average Bonchev–Trinajstić information content (AvgIpc) is 2.75. The van der Waals surface area contributed by atoms with Crippen molar-refractivity contribution < 1.29 is 23.7 Å². The van der Waals surface area contributed by atoms with E-state index in [2.05, 4.69) is 0 Å². The summed E-state index contributed by atoms with van der Waals surface area (Å²) in [4.78, 5) is 15.1. The van der Waals surface area contributed by atoms with Crippen molar-refractivity contribution in [3.05, 3.63) is 47.0 Å². The summed E-state index contributed by atoms with van der Waals surface area (Å²) in [5.41, 5.74) is 2.92. The molecule has 2 aromatic rings. The number of Topliss-reactive ketones (excluding diaryl/α,β-unsaturated/α-hetero) is 1. The van der Waals surface area contributed by atoms with Crippen LogP contribution in [0.1, 0.15) is 29.3 Å². The van der Waals surface area contributed by atoms with E-state index in [1.807, 2.05) is 50.2 Å². The normalized spacial score (nSPS) is 13.1. The number of hydrogen-bond donors (Lipinski definition) is 0. The molecule has 0 atom stereocenters. The van der Waals surface area contributed by atoms with E-state index in [1.165, 1.54) is 0 Å². The maximum atomic E-state index is 13.2. The first-order valence-electron chi connectivity index (χ1n) is 9.56. The molecule has 0 fully saturated rings. The molecule has 0 bridgehead atoms. The fraction of sp³-hybridized carbons (Fsp3) is 0.348. The Labute approximate surface area is 171 Å². The topological polar surface area (TPSA) is 57.2 Å². The van der Waals surface area contributed by atoms with E-state index >= 15 is 0 Å². The number of rotatable bonds is 7. The number of carbonyl (C=O) groups excluding carboxylic acids is 1. The third-order valence-electron chi connectivity index (χ3n) is 4.82. The average molecular weight is 397 g/mol. The molecule has 1 aliphatic heterocycles. The van der Waals surface area contributed by atoms with Crippen LogP contribution in [-0.4, -0.2) is 47.3 Å². The Morgan fingerprint density at radius 1 is 1.03 bits per heavy atom. The number of ketones is 1. The van der Waals surface area contributed by atoms with E-state index < -0.39 is 0 Å². The second kappa shape index (κ2) is 8.90. The van der Waals surface area contributed by atoms with E-state index in [0.717, 1.165) is 17.0 Å². The Kier molecular flexibility index (Phi) is 6.32. The van der Waals surface area contributed by atoms with Crippen LogP contribution in [0.4, 0.5) is 5.69 Å². The summed E-state index contributed by atoms with van der Waals surface area (Å²) >= 11 is 0. The minimum Gasteiger partial charge on any atom is -0.496 e. The molecular formula is C23H27NO5. The smallest absolute Gasteiger partial charge is 0.189 e. The fourth-order valence-electron chi connectivity index (χ4n) is 3.26. The van der Waals surface area contributed by atoms with Crippen molar-refractivity contribution in [2.24, 2.45) is 0 Å². The first kappa shape index (κ1) is 20.6. The van der Waals surface area contributed by atoms with E-state index in [0.29, 0.717) is 48.0 Å². The molecule has 0 radical (unpaired) electrons. The van der Waals surface area contributed by atoms with Gasteiger partial charge >= 0.3 is 0 Å². The van der Waals surface area contributed by atoms with Gasteiger partial charge in [-0.1, -0.05) is 6.92 Å². The van der Waals surface area contributed by atoms with Crippen LogP contribution in [0.3, 0.4) is 0 Å². The van der Waals surface area contributed by atoms with Gasteiger partial charge in [-0.25, -0.2) is 0 Å². The molecule has 6 nitrogen and oxygen atoms in total. The van der Waals surface area contributed by atoms with E-state index in [9.17, 15) is 4.79 Å². The van der Waals surface area contributed by atoms with Crippen LogP contribution in [-0.2, 0) is 0 Å². The molecule has 6 heteroatoms. The van der Waals surface area contributed by atoms with Crippen LogP contribution in [0.15, 0.2) is 35.9 Å². The number of ether oxygens (including phenoxy) is 4. The van der Waals surface area contributed by atoms with Gasteiger partial charge in [-0.05, 0) is 36.8 Å². The van der Waals surface area contributed by atoms with Crippen LogP contribution in [0, 0.1) is 0 Å². The van der Waals surface area contributed by atoms with E-state index in [4.69, 9.17) is 18.9 Å². The highest BCUT2D eigenvalue weighted by Gasteiger charge is 2.18. The van der Waals surface area contributed by atoms with Gasteiger partial charge in [0.25, 0.3) is 0 Å². The second-order valence-corrected chi connectivity index (χ2v) is 6.87. The zero-order chi connectivity index (χ0) is 21.0. The minimum absolute atomic E-state index is 0.0322. The molecule has 0 unspecified atom stereocenters. The molecule has 29 heavy (non-hydrogen) atoms. The number of carbonyl (C=O) groups is 1. The van der Waals surface area contributed by atoms with Gasteiger partial charge in [-0.2, -0.15) is 0 Å². The summed E-state index contributed by atoms with van der Waals surface area (Å²) in [5, 5.41) is 0. The van der Waals surface area contributed by atoms with Gasteiger partial charge in [0, 0.05) is 36.9 Å². The molecule has 0 amide bonds. The highest BCUT2D eigenvalue weighted by atomic mass is 16.6. The van der Waals surface area contributed by atoms with Crippen molar-refractivity contribution in [2.45, 2.75) is 13.3 Å². The zero-order valence-corrected chi connectivity index (χ0v) is 17.6. The Morgan fingerprint density at radius 2 is 1.69 bits per heavy atom. The molecule has 1 aliphatic rings. The van der Waals surface area contributed by atoms with Gasteiger partial charge in [0.15, 0.2) is 17.3 Å². The van der Waals surface area contributed by atoms with Crippen LogP contribution < -0.4 is 23.8 Å². The summed E-state index contributed by atoms with van der Waals surface area (Å²) < 4.78 is 22.2. The molecule has 0 saturated heterocycles. The van der Waals surface area contributed by atoms with E-state index in [1.54, 1.807) is 26.4 Å². The predicted molar refractivity (Wildman–Crippen MR) is 114 cm³/mol. The van der Waals surface area contributed by atoms with Crippen molar-refractivity contribution in [1.29, 1.82) is 0 Å². The summed E-state index contributed by atoms with van der Waals surface area (Å²) in [6.07, 6.45) is 2.44. The van der Waals surface area contributed by atoms with Crippen molar-refractivity contribution >= 4 is 17.5 Å². The number of anilines is 1. The third kappa shape index (κ3) is 4.31. The minimum atomic E-state index is -0.0322. The molecule has 2 aromatic carbocycles. The number of allylic oxidation sites excluding steroid dienone is 1. The van der Waals surface area contributed by atoms with Crippen LogP contribution in [0.5, 0.6) is 23.0 Å². The molecule has 0 aliphatic carbocycles. The lowest BCUT2D eigenvalue weighted by Gasteiger charge is -2.20. The van der Waals surface area contributed by atoms with Gasteiger partial charge in [-0.3, -0.25) is 4.79 Å². The maximum absolute atomic E-state index is 13.2. The van der Waals surface area contributed by atoms with Crippen molar-refractivity contribution in [2.75, 3.05) is 46.4 Å². The van der Waals surface area contributed by atoms with Crippen molar-refractivity contribution in [3.8, 4) is 23.0 Å². The Balaban J connectivity index is 2.00. The van der Waals surface area contributed by atoms with Gasteiger partial charge < -0.3 is 23.8 Å². The predicted octanol–water partition coefficient (Wildman–Crippen LogP) is 4.22. The molecule has 0 spiro atoms. The quantitative estimate of drug-likeness (QED) is 0.515. The lowest BCUT2D eigenvalue weighted by atomic mass is 9.97. The number of nitrogens with zero attached hydrogens (tertiary/aromatic N) is 1. The molecule has 3 rings (SSSR count). The van der Waals surface area contributed by atoms with Gasteiger partial charge in [0.2, 0.25) is 0 Å². The van der Waals surface area contributed by atoms with Crippen LogP contribution in [0.25, 0.3) is 6.08 Å². The Hall–Kier alpha value is -3.15. The standard InChI is InChI=1S/C23H27NO5/c1-6-15(23(25)16-7-8-19(26-4)18(12-16)24(2)3)11-17-13-21-22(14-20(17)27-5)29-10-9-28-21/h7-8,11-14H,6,9-10H2,1-5H3/b15-11+. The number of benzene rings is 2. The molecule has 0 N–H and O–H groups in total. The van der Waals surface area contributed by atoms with E-state index in [-0.39, 0.29) is 5.78 Å². The molecule has 0 aromatic heterocycles. The molecule has 1 heterocycles. The lowest BCUT2D eigenvalue weighted by molar-refractivity contribution is 0.103. The Morgan fingerprint density at radius 3 is 2.28 bits per heavy atom. The monoisotopic (exact) mass is 397 g/mol. The van der Waals surface area contributed by atoms with Crippen molar-refractivity contribution in [3.63, 3.8) is 0 Å². The highest BCUT2D eigenvalue weighted by molar-refractivity contribution is 6.12. The lowest BCUT2D eigenvalue weighted by Crippen LogP contribution is -2.15. The maximum Gasteiger partial charge on any atom is 0.189 e. The molecule has 0 saturated carbocycles. The van der Waals surface area contributed by atoms with Gasteiger partial charge in [0.1, 0.15) is 24.7 Å². The first-order chi connectivity index (χ1) is 14.0. The second-order valence-electron chi connectivity index (χ2n) is 6.87. The zero-order valence-electron chi connectivity index (χ0n) is 17.6. The largest absolute Gasteiger partial charge is 0.496 e. The summed E-state index contributed by atoms with van der Waals surface area (Å²) in [7, 11) is 7.06. The number of hydrogen-bond acceptors (Lipinski definition) is 6. The summed E-state index contributed by atoms with van der Waals surface area (Å²) in [6.45, 7) is 2.97. The highest BCUT2D eigenvalue weighted by Crippen LogP contribution is 2.38. The SMILES string of the molecule is CC/C(=C\c1cc2c(cc1OC)OCCO2)C(=O)c1ccc(OC)c(N(C)C)c1. The van der Waals surface area contributed by atoms with Gasteiger partial charge in [0.05, 0.1) is 19.9 Å². The fourth-order valence-corrected chi connectivity index (χ4v) is 3.26. The number of methoxy groups -OCH3 is 2. The third-order valence-corrected chi connectivity index (χ3v) is 4.82. The van der Waals surface area contributed by atoms with Crippen molar-refractivity contribution in [1.82, 2.24) is 0 Å². The molecular weight excluding hydrogens is 370 g/mol. The first-order valence-corrected chi connectivity index (χ1v) is 9.56.